The molecule has 20 heavy (non-hydrogen) atoms. The van der Waals surface area contributed by atoms with Crippen LogP contribution in [0, 0.1) is 5.41 Å². The molecule has 1 aliphatic heterocycles. The molecule has 6 heteroatoms. The molecule has 1 aromatic heterocycles. The van der Waals surface area contributed by atoms with Crippen LogP contribution >= 0.6 is 11.6 Å². The average molecular weight is 296 g/mol. The first-order valence-corrected chi connectivity index (χ1v) is 7.99. The molecule has 110 valence electrons. The van der Waals surface area contributed by atoms with Gasteiger partial charge in [-0.1, -0.05) is 12.8 Å². The van der Waals surface area contributed by atoms with Gasteiger partial charge in [-0.25, -0.2) is 0 Å². The fourth-order valence-electron chi connectivity index (χ4n) is 3.52. The Hall–Kier alpha value is -1.10. The molecule has 0 bridgehead atoms. The average Bonchev–Trinajstić information content (AvgIpc) is 2.88. The summed E-state index contributed by atoms with van der Waals surface area (Å²) in [5.41, 5.74) is 0.609. The number of hydrogen-bond donors (Lipinski definition) is 1. The Balaban J connectivity index is 1.71. The van der Waals surface area contributed by atoms with Crippen molar-refractivity contribution in [1.29, 1.82) is 0 Å². The van der Waals surface area contributed by atoms with Crippen LogP contribution in [0.25, 0.3) is 0 Å². The first-order valence-electron chi connectivity index (χ1n) is 7.61. The molecular formula is C14H22ClN5. The van der Waals surface area contributed by atoms with Crippen LogP contribution in [0.2, 0.25) is 5.28 Å². The molecule has 0 unspecified atom stereocenters. The number of rotatable bonds is 3. The van der Waals surface area contributed by atoms with E-state index < -0.39 is 0 Å². The van der Waals surface area contributed by atoms with Crippen LogP contribution < -0.4 is 10.2 Å². The monoisotopic (exact) mass is 295 g/mol. The summed E-state index contributed by atoms with van der Waals surface area (Å²) in [7, 11) is 0. The molecule has 0 radical (unpaired) electrons. The highest BCUT2D eigenvalue weighted by atomic mass is 35.5. The molecule has 3 rings (SSSR count). The van der Waals surface area contributed by atoms with E-state index in [-0.39, 0.29) is 5.28 Å². The van der Waals surface area contributed by atoms with Crippen LogP contribution in [0.4, 0.5) is 11.9 Å². The maximum Gasteiger partial charge on any atom is 0.231 e. The lowest BCUT2D eigenvalue weighted by molar-refractivity contribution is 0.225. The summed E-state index contributed by atoms with van der Waals surface area (Å²) in [4.78, 5) is 15.1. The molecule has 1 aromatic rings. The second-order valence-corrected chi connectivity index (χ2v) is 6.29. The van der Waals surface area contributed by atoms with E-state index >= 15 is 0 Å². The van der Waals surface area contributed by atoms with Crippen molar-refractivity contribution in [1.82, 2.24) is 15.0 Å². The molecule has 2 aliphatic rings. The smallest absolute Gasteiger partial charge is 0.231 e. The van der Waals surface area contributed by atoms with E-state index in [4.69, 9.17) is 11.6 Å². The van der Waals surface area contributed by atoms with Crippen molar-refractivity contribution >= 4 is 23.5 Å². The zero-order valence-electron chi connectivity index (χ0n) is 12.0. The molecule has 0 aromatic carbocycles. The lowest BCUT2D eigenvalue weighted by atomic mass is 9.77. The maximum absolute atomic E-state index is 6.00. The Morgan fingerprint density at radius 1 is 1.10 bits per heavy atom. The number of anilines is 2. The van der Waals surface area contributed by atoms with Crippen LogP contribution in [0.5, 0.6) is 0 Å². The third-order valence-corrected chi connectivity index (χ3v) is 4.87. The van der Waals surface area contributed by atoms with Gasteiger partial charge in [0.1, 0.15) is 0 Å². The van der Waals surface area contributed by atoms with Crippen molar-refractivity contribution in [3.05, 3.63) is 5.28 Å². The minimum Gasteiger partial charge on any atom is -0.354 e. The van der Waals surface area contributed by atoms with Gasteiger partial charge in [-0.2, -0.15) is 15.0 Å². The second kappa shape index (κ2) is 5.72. The van der Waals surface area contributed by atoms with Gasteiger partial charge in [0, 0.05) is 19.6 Å². The fraction of sp³-hybridized carbons (Fsp3) is 0.786. The van der Waals surface area contributed by atoms with Crippen molar-refractivity contribution in [2.24, 2.45) is 5.41 Å². The summed E-state index contributed by atoms with van der Waals surface area (Å²) >= 11 is 6.00. The predicted molar refractivity (Wildman–Crippen MR) is 81.3 cm³/mol. The van der Waals surface area contributed by atoms with Crippen LogP contribution in [0.3, 0.4) is 0 Å². The Morgan fingerprint density at radius 3 is 2.45 bits per heavy atom. The first kappa shape index (κ1) is 13.9. The van der Waals surface area contributed by atoms with Crippen molar-refractivity contribution in [2.45, 2.75) is 45.4 Å². The standard InChI is InChI=1S/C14H22ClN5/c1-2-16-12-17-11(15)18-13(19-12)20-9-7-14(8-10-20)5-3-4-6-14/h2-10H2,1H3,(H,16,17,18,19). The number of hydrogen-bond acceptors (Lipinski definition) is 5. The highest BCUT2D eigenvalue weighted by Gasteiger charge is 2.37. The number of aromatic nitrogens is 3. The molecule has 1 aliphatic carbocycles. The molecule has 1 spiro atoms. The van der Waals surface area contributed by atoms with Crippen molar-refractivity contribution in [2.75, 3.05) is 29.9 Å². The van der Waals surface area contributed by atoms with Gasteiger partial charge in [0.2, 0.25) is 17.2 Å². The van der Waals surface area contributed by atoms with Crippen molar-refractivity contribution < 1.29 is 0 Å². The van der Waals surface area contributed by atoms with Crippen molar-refractivity contribution in [3.8, 4) is 0 Å². The van der Waals surface area contributed by atoms with E-state index in [1.54, 1.807) is 0 Å². The van der Waals surface area contributed by atoms with Gasteiger partial charge >= 0.3 is 0 Å². The molecular weight excluding hydrogens is 274 g/mol. The van der Waals surface area contributed by atoms with Crippen LogP contribution in [0.1, 0.15) is 45.4 Å². The zero-order chi connectivity index (χ0) is 14.0. The molecule has 1 N–H and O–H groups in total. The van der Waals surface area contributed by atoms with Gasteiger partial charge in [0.05, 0.1) is 0 Å². The third kappa shape index (κ3) is 2.82. The number of nitrogens with one attached hydrogen (secondary N) is 1. The molecule has 1 saturated carbocycles. The summed E-state index contributed by atoms with van der Waals surface area (Å²) in [5.74, 6) is 1.29. The topological polar surface area (TPSA) is 53.9 Å². The third-order valence-electron chi connectivity index (χ3n) is 4.70. The zero-order valence-corrected chi connectivity index (χ0v) is 12.8. The maximum atomic E-state index is 6.00. The van der Waals surface area contributed by atoms with Crippen molar-refractivity contribution in [3.63, 3.8) is 0 Å². The van der Waals surface area contributed by atoms with E-state index in [1.165, 1.54) is 38.5 Å². The molecule has 0 amide bonds. The van der Waals surface area contributed by atoms with Crippen LogP contribution in [-0.2, 0) is 0 Å². The highest BCUT2D eigenvalue weighted by Crippen LogP contribution is 2.46. The van der Waals surface area contributed by atoms with E-state index in [0.717, 1.165) is 19.6 Å². The number of piperidine rings is 1. The molecule has 0 atom stereocenters. The Kier molecular flexibility index (Phi) is 3.96. The minimum atomic E-state index is 0.270. The summed E-state index contributed by atoms with van der Waals surface area (Å²) in [6.45, 7) is 4.86. The first-order chi connectivity index (χ1) is 9.71. The molecule has 5 nitrogen and oxygen atoms in total. The summed E-state index contributed by atoms with van der Waals surface area (Å²) in [6, 6.07) is 0. The highest BCUT2D eigenvalue weighted by molar-refractivity contribution is 6.28. The van der Waals surface area contributed by atoms with Crippen LogP contribution in [-0.4, -0.2) is 34.6 Å². The largest absolute Gasteiger partial charge is 0.354 e. The summed E-state index contributed by atoms with van der Waals surface area (Å²) in [6.07, 6.45) is 8.13. The Morgan fingerprint density at radius 2 is 1.80 bits per heavy atom. The number of halogens is 1. The Bertz CT molecular complexity index is 463. The molecule has 1 saturated heterocycles. The van der Waals surface area contributed by atoms with Gasteiger partial charge in [0.15, 0.2) is 0 Å². The van der Waals surface area contributed by atoms with Gasteiger partial charge in [-0.15, -0.1) is 0 Å². The summed E-state index contributed by atoms with van der Waals surface area (Å²) in [5, 5.41) is 3.37. The lowest BCUT2D eigenvalue weighted by Gasteiger charge is -2.39. The lowest BCUT2D eigenvalue weighted by Crippen LogP contribution is -2.39. The number of nitrogens with zero attached hydrogens (tertiary/aromatic N) is 4. The van der Waals surface area contributed by atoms with E-state index in [9.17, 15) is 0 Å². The molecule has 2 fully saturated rings. The van der Waals surface area contributed by atoms with Gasteiger partial charge in [-0.3, -0.25) is 0 Å². The van der Waals surface area contributed by atoms with Gasteiger partial charge < -0.3 is 10.2 Å². The summed E-state index contributed by atoms with van der Waals surface area (Å²) < 4.78 is 0. The Labute approximate surface area is 125 Å². The second-order valence-electron chi connectivity index (χ2n) is 5.95. The SMILES string of the molecule is CCNc1nc(Cl)nc(N2CCC3(CCCC3)CC2)n1. The van der Waals surface area contributed by atoms with E-state index in [1.807, 2.05) is 6.92 Å². The van der Waals surface area contributed by atoms with E-state index in [0.29, 0.717) is 17.3 Å². The van der Waals surface area contributed by atoms with Gasteiger partial charge in [-0.05, 0) is 49.6 Å². The van der Waals surface area contributed by atoms with E-state index in [2.05, 4.69) is 25.2 Å². The van der Waals surface area contributed by atoms with Gasteiger partial charge in [0.25, 0.3) is 0 Å². The fourth-order valence-corrected chi connectivity index (χ4v) is 3.68. The minimum absolute atomic E-state index is 0.270. The predicted octanol–water partition coefficient (Wildman–Crippen LogP) is 3.12. The molecule has 2 heterocycles. The normalized spacial score (nSPS) is 21.4. The van der Waals surface area contributed by atoms with Crippen LogP contribution in [0.15, 0.2) is 0 Å². The quantitative estimate of drug-likeness (QED) is 0.928.